The van der Waals surface area contributed by atoms with Crippen LogP contribution in [0.25, 0.3) is 0 Å². The van der Waals surface area contributed by atoms with Crippen molar-refractivity contribution >= 4 is 5.91 Å². The van der Waals surface area contributed by atoms with E-state index in [1.807, 2.05) is 0 Å². The number of fused-ring (bicyclic) bond motifs is 1. The van der Waals surface area contributed by atoms with Gasteiger partial charge in [0.2, 0.25) is 5.91 Å². The minimum absolute atomic E-state index is 0.0980. The summed E-state index contributed by atoms with van der Waals surface area (Å²) in [5.41, 5.74) is 2.79. The standard InChI is InChI=1S/C17H25N3O/c1-20(2)17(8-5-9-17)12-19-16(21)15-10-13-6-3-4-7-14(13)11-18-15/h3-4,6-7,15,18H,5,8-12H2,1-2H3,(H,19,21)/t15-/m0/s1. The van der Waals surface area contributed by atoms with Gasteiger partial charge in [-0.15, -0.1) is 0 Å². The molecule has 1 aliphatic heterocycles. The lowest BCUT2D eigenvalue weighted by atomic mass is 9.75. The maximum absolute atomic E-state index is 12.4. The molecule has 1 saturated carbocycles. The Morgan fingerprint density at radius 2 is 2.05 bits per heavy atom. The van der Waals surface area contributed by atoms with Crippen molar-refractivity contribution in [2.75, 3.05) is 20.6 Å². The summed E-state index contributed by atoms with van der Waals surface area (Å²) in [6.07, 6.45) is 4.42. The molecule has 114 valence electrons. The second kappa shape index (κ2) is 5.78. The normalized spacial score (nSPS) is 23.3. The first-order valence-electron chi connectivity index (χ1n) is 7.86. The Balaban J connectivity index is 1.57. The monoisotopic (exact) mass is 287 g/mol. The van der Waals surface area contributed by atoms with Crippen LogP contribution in [-0.4, -0.2) is 43.0 Å². The Kier molecular flexibility index (Phi) is 4.00. The molecule has 4 nitrogen and oxygen atoms in total. The van der Waals surface area contributed by atoms with Crippen LogP contribution in [0.4, 0.5) is 0 Å². The Morgan fingerprint density at radius 3 is 2.67 bits per heavy atom. The van der Waals surface area contributed by atoms with Crippen molar-refractivity contribution in [3.8, 4) is 0 Å². The Hall–Kier alpha value is -1.39. The van der Waals surface area contributed by atoms with Crippen LogP contribution >= 0.6 is 0 Å². The highest BCUT2D eigenvalue weighted by Gasteiger charge is 2.39. The molecule has 2 aliphatic rings. The quantitative estimate of drug-likeness (QED) is 0.877. The number of amides is 1. The van der Waals surface area contributed by atoms with E-state index in [4.69, 9.17) is 0 Å². The molecular formula is C17H25N3O. The van der Waals surface area contributed by atoms with Crippen molar-refractivity contribution in [3.05, 3.63) is 35.4 Å². The van der Waals surface area contributed by atoms with Gasteiger partial charge in [0.1, 0.15) is 0 Å². The number of nitrogens with one attached hydrogen (secondary N) is 2. The number of hydrogen-bond donors (Lipinski definition) is 2. The lowest BCUT2D eigenvalue weighted by molar-refractivity contribution is -0.124. The number of carbonyl (C=O) groups is 1. The molecule has 0 radical (unpaired) electrons. The third-order valence-corrected chi connectivity index (χ3v) is 5.22. The van der Waals surface area contributed by atoms with Crippen LogP contribution < -0.4 is 10.6 Å². The molecule has 0 aromatic heterocycles. The van der Waals surface area contributed by atoms with Crippen molar-refractivity contribution in [3.63, 3.8) is 0 Å². The molecule has 1 amide bonds. The van der Waals surface area contributed by atoms with Crippen LogP contribution in [0.2, 0.25) is 0 Å². The number of hydrogen-bond acceptors (Lipinski definition) is 3. The van der Waals surface area contributed by atoms with Gasteiger partial charge in [-0.05, 0) is 50.9 Å². The lowest BCUT2D eigenvalue weighted by Gasteiger charge is -2.47. The van der Waals surface area contributed by atoms with Gasteiger partial charge in [-0.1, -0.05) is 24.3 Å². The van der Waals surface area contributed by atoms with E-state index in [2.05, 4.69) is 53.9 Å². The Morgan fingerprint density at radius 1 is 1.33 bits per heavy atom. The fourth-order valence-corrected chi connectivity index (χ4v) is 3.38. The third-order valence-electron chi connectivity index (χ3n) is 5.22. The van der Waals surface area contributed by atoms with Crippen LogP contribution in [0, 0.1) is 0 Å². The summed E-state index contributed by atoms with van der Waals surface area (Å²) in [5.74, 6) is 0.137. The van der Waals surface area contributed by atoms with E-state index >= 15 is 0 Å². The number of carbonyl (C=O) groups excluding carboxylic acids is 1. The summed E-state index contributed by atoms with van der Waals surface area (Å²) >= 11 is 0. The predicted molar refractivity (Wildman–Crippen MR) is 84.1 cm³/mol. The third kappa shape index (κ3) is 2.83. The van der Waals surface area contributed by atoms with Gasteiger partial charge in [-0.3, -0.25) is 4.79 Å². The van der Waals surface area contributed by atoms with Gasteiger partial charge in [0, 0.05) is 18.6 Å². The summed E-state index contributed by atoms with van der Waals surface area (Å²) in [6, 6.07) is 8.27. The molecule has 2 N–H and O–H groups in total. The topological polar surface area (TPSA) is 44.4 Å². The molecule has 0 unspecified atom stereocenters. The highest BCUT2D eigenvalue weighted by molar-refractivity contribution is 5.82. The average molecular weight is 287 g/mol. The molecule has 1 aliphatic carbocycles. The zero-order valence-electron chi connectivity index (χ0n) is 13.0. The maximum Gasteiger partial charge on any atom is 0.237 e. The summed E-state index contributed by atoms with van der Waals surface area (Å²) in [4.78, 5) is 14.7. The summed E-state index contributed by atoms with van der Waals surface area (Å²) in [7, 11) is 4.22. The van der Waals surface area contributed by atoms with Crippen molar-refractivity contribution < 1.29 is 4.79 Å². The molecular weight excluding hydrogens is 262 g/mol. The van der Waals surface area contributed by atoms with Gasteiger partial charge < -0.3 is 15.5 Å². The zero-order chi connectivity index (χ0) is 14.9. The van der Waals surface area contributed by atoms with Crippen LogP contribution in [0.15, 0.2) is 24.3 Å². The fraction of sp³-hybridized carbons (Fsp3) is 0.588. The van der Waals surface area contributed by atoms with E-state index in [0.29, 0.717) is 0 Å². The smallest absolute Gasteiger partial charge is 0.237 e. The highest BCUT2D eigenvalue weighted by Crippen LogP contribution is 2.35. The number of benzene rings is 1. The van der Waals surface area contributed by atoms with E-state index in [9.17, 15) is 4.79 Å². The molecule has 1 heterocycles. The molecule has 1 atom stereocenters. The first-order valence-corrected chi connectivity index (χ1v) is 7.86. The first-order chi connectivity index (χ1) is 10.1. The number of rotatable bonds is 4. The van der Waals surface area contributed by atoms with Crippen LogP contribution in [-0.2, 0) is 17.8 Å². The molecule has 3 rings (SSSR count). The zero-order valence-corrected chi connectivity index (χ0v) is 13.0. The van der Waals surface area contributed by atoms with Crippen LogP contribution in [0.5, 0.6) is 0 Å². The van der Waals surface area contributed by atoms with Gasteiger partial charge in [0.15, 0.2) is 0 Å². The van der Waals surface area contributed by atoms with E-state index in [0.717, 1.165) is 19.5 Å². The molecule has 0 spiro atoms. The van der Waals surface area contributed by atoms with Crippen LogP contribution in [0.3, 0.4) is 0 Å². The van der Waals surface area contributed by atoms with Gasteiger partial charge in [0.25, 0.3) is 0 Å². The van der Waals surface area contributed by atoms with E-state index in [1.165, 1.54) is 30.4 Å². The highest BCUT2D eigenvalue weighted by atomic mass is 16.2. The minimum atomic E-state index is -0.0980. The molecule has 1 aromatic carbocycles. The molecule has 21 heavy (non-hydrogen) atoms. The number of nitrogens with zero attached hydrogens (tertiary/aromatic N) is 1. The second-order valence-corrected chi connectivity index (χ2v) is 6.60. The van der Waals surface area contributed by atoms with Crippen molar-refractivity contribution in [2.45, 2.75) is 43.8 Å². The molecule has 1 aromatic rings. The van der Waals surface area contributed by atoms with Crippen LogP contribution in [0.1, 0.15) is 30.4 Å². The summed E-state index contributed by atoms with van der Waals surface area (Å²) in [6.45, 7) is 1.55. The first kappa shape index (κ1) is 14.5. The number of likely N-dealkylation sites (N-methyl/N-ethyl adjacent to an activating group) is 1. The van der Waals surface area contributed by atoms with Crippen molar-refractivity contribution in [2.24, 2.45) is 0 Å². The van der Waals surface area contributed by atoms with E-state index in [-0.39, 0.29) is 17.5 Å². The van der Waals surface area contributed by atoms with Crippen molar-refractivity contribution in [1.29, 1.82) is 0 Å². The largest absolute Gasteiger partial charge is 0.353 e. The lowest BCUT2D eigenvalue weighted by Crippen LogP contribution is -2.59. The van der Waals surface area contributed by atoms with Gasteiger partial charge in [-0.25, -0.2) is 0 Å². The van der Waals surface area contributed by atoms with E-state index < -0.39 is 0 Å². The Bertz CT molecular complexity index is 523. The van der Waals surface area contributed by atoms with Gasteiger partial charge >= 0.3 is 0 Å². The fourth-order valence-electron chi connectivity index (χ4n) is 3.38. The minimum Gasteiger partial charge on any atom is -0.353 e. The molecule has 0 saturated heterocycles. The maximum atomic E-state index is 12.4. The SMILES string of the molecule is CN(C)C1(CNC(=O)[C@@H]2Cc3ccccc3CN2)CCC1. The van der Waals surface area contributed by atoms with Gasteiger partial charge in [0.05, 0.1) is 6.04 Å². The summed E-state index contributed by atoms with van der Waals surface area (Å²) in [5, 5.41) is 6.52. The average Bonchev–Trinajstić information content (AvgIpc) is 2.45. The predicted octanol–water partition coefficient (Wildman–Crippen LogP) is 1.30. The van der Waals surface area contributed by atoms with Gasteiger partial charge in [-0.2, -0.15) is 0 Å². The Labute approximate surface area is 126 Å². The molecule has 1 fully saturated rings. The van der Waals surface area contributed by atoms with E-state index in [1.54, 1.807) is 0 Å². The van der Waals surface area contributed by atoms with Crippen molar-refractivity contribution in [1.82, 2.24) is 15.5 Å². The summed E-state index contributed by atoms with van der Waals surface area (Å²) < 4.78 is 0. The molecule has 0 bridgehead atoms. The molecule has 4 heteroatoms. The second-order valence-electron chi connectivity index (χ2n) is 6.60.